The van der Waals surface area contributed by atoms with Crippen molar-refractivity contribution in [2.75, 3.05) is 5.32 Å². The molecule has 0 saturated heterocycles. The zero-order valence-corrected chi connectivity index (χ0v) is 14.1. The van der Waals surface area contributed by atoms with E-state index >= 15 is 0 Å². The highest BCUT2D eigenvalue weighted by Crippen LogP contribution is 2.28. The molecule has 24 heavy (non-hydrogen) atoms. The van der Waals surface area contributed by atoms with Crippen molar-refractivity contribution in [2.24, 2.45) is 0 Å². The van der Waals surface area contributed by atoms with Gasteiger partial charge in [0.05, 0.1) is 16.3 Å². The molecule has 1 aromatic heterocycles. The molecule has 1 heterocycles. The van der Waals surface area contributed by atoms with Crippen LogP contribution in [0.3, 0.4) is 0 Å². The Hall–Kier alpha value is -2.02. The predicted molar refractivity (Wildman–Crippen MR) is 91.9 cm³/mol. The van der Waals surface area contributed by atoms with Gasteiger partial charge in [-0.05, 0) is 36.4 Å². The molecule has 0 radical (unpaired) electrons. The van der Waals surface area contributed by atoms with E-state index in [1.807, 2.05) is 0 Å². The normalized spacial score (nSPS) is 10.7. The quantitative estimate of drug-likeness (QED) is 0.633. The van der Waals surface area contributed by atoms with Crippen LogP contribution in [0.2, 0.25) is 10.0 Å². The second kappa shape index (κ2) is 6.84. The fraction of sp³-hybridized carbons (Fsp3) is 0. The zero-order chi connectivity index (χ0) is 17.3. The first-order valence-electron chi connectivity index (χ1n) is 6.61. The highest BCUT2D eigenvalue weighted by atomic mass is 35.5. The lowest BCUT2D eigenvalue weighted by Gasteiger charge is -2.04. The van der Waals surface area contributed by atoms with Crippen molar-refractivity contribution in [1.29, 1.82) is 0 Å². The first kappa shape index (κ1) is 16.8. The Labute approximate surface area is 149 Å². The Morgan fingerprint density at radius 2 is 1.92 bits per heavy atom. The van der Waals surface area contributed by atoms with Crippen molar-refractivity contribution in [3.63, 3.8) is 0 Å². The van der Waals surface area contributed by atoms with Crippen LogP contribution in [-0.4, -0.2) is 10.9 Å². The van der Waals surface area contributed by atoms with Crippen LogP contribution in [0, 0.1) is 11.6 Å². The minimum absolute atomic E-state index is 0.0243. The van der Waals surface area contributed by atoms with Crippen LogP contribution in [0.15, 0.2) is 41.8 Å². The standard InChI is InChI=1S/C16H8Cl2F2N2OS/c17-8-1-3-10(12(18)5-8)15(23)22-16-21-14(7-24-16)11-6-9(19)2-4-13(11)20/h1-7H,(H,21,22,23). The molecule has 0 bridgehead atoms. The van der Waals surface area contributed by atoms with Crippen LogP contribution >= 0.6 is 34.5 Å². The summed E-state index contributed by atoms with van der Waals surface area (Å²) in [5.74, 6) is -1.64. The Kier molecular flexibility index (Phi) is 4.80. The maximum atomic E-state index is 13.8. The van der Waals surface area contributed by atoms with E-state index in [0.717, 1.165) is 29.5 Å². The van der Waals surface area contributed by atoms with Crippen molar-refractivity contribution in [3.8, 4) is 11.3 Å². The molecule has 1 amide bonds. The molecular formula is C16H8Cl2F2N2OS. The van der Waals surface area contributed by atoms with Gasteiger partial charge in [-0.15, -0.1) is 11.3 Å². The van der Waals surface area contributed by atoms with E-state index in [0.29, 0.717) is 5.02 Å². The lowest BCUT2D eigenvalue weighted by molar-refractivity contribution is 0.102. The van der Waals surface area contributed by atoms with Crippen LogP contribution in [0.25, 0.3) is 11.3 Å². The number of carbonyl (C=O) groups is 1. The lowest BCUT2D eigenvalue weighted by Crippen LogP contribution is -2.12. The minimum Gasteiger partial charge on any atom is -0.298 e. The van der Waals surface area contributed by atoms with Gasteiger partial charge in [0.15, 0.2) is 5.13 Å². The molecule has 0 fully saturated rings. The second-order valence-corrected chi connectivity index (χ2v) is 6.44. The summed E-state index contributed by atoms with van der Waals surface area (Å²) in [4.78, 5) is 16.3. The Balaban J connectivity index is 1.83. The number of hydrogen-bond donors (Lipinski definition) is 1. The van der Waals surface area contributed by atoms with E-state index < -0.39 is 17.5 Å². The summed E-state index contributed by atoms with van der Waals surface area (Å²) in [5, 5.41) is 4.95. The summed E-state index contributed by atoms with van der Waals surface area (Å²) in [7, 11) is 0. The molecule has 3 rings (SSSR count). The van der Waals surface area contributed by atoms with Gasteiger partial charge in [0.2, 0.25) is 0 Å². The molecule has 0 saturated carbocycles. The SMILES string of the molecule is O=C(Nc1nc(-c2cc(F)ccc2F)cs1)c1ccc(Cl)cc1Cl. The summed E-state index contributed by atoms with van der Waals surface area (Å²) in [6, 6.07) is 7.57. The topological polar surface area (TPSA) is 42.0 Å². The van der Waals surface area contributed by atoms with E-state index in [1.165, 1.54) is 23.6 Å². The molecule has 0 aliphatic heterocycles. The minimum atomic E-state index is -0.597. The Bertz CT molecular complexity index is 930. The van der Waals surface area contributed by atoms with Gasteiger partial charge < -0.3 is 0 Å². The molecule has 8 heteroatoms. The number of rotatable bonds is 3. The molecule has 3 aromatic rings. The number of hydrogen-bond acceptors (Lipinski definition) is 3. The predicted octanol–water partition coefficient (Wildman–Crippen LogP) is 5.65. The van der Waals surface area contributed by atoms with Crippen molar-refractivity contribution in [2.45, 2.75) is 0 Å². The summed E-state index contributed by atoms with van der Waals surface area (Å²) in [6.07, 6.45) is 0. The largest absolute Gasteiger partial charge is 0.298 e. The third kappa shape index (κ3) is 3.56. The van der Waals surface area contributed by atoms with E-state index in [2.05, 4.69) is 10.3 Å². The molecule has 0 spiro atoms. The van der Waals surface area contributed by atoms with Gasteiger partial charge in [0, 0.05) is 16.0 Å². The number of nitrogens with zero attached hydrogens (tertiary/aromatic N) is 1. The molecule has 3 nitrogen and oxygen atoms in total. The van der Waals surface area contributed by atoms with E-state index in [1.54, 1.807) is 0 Å². The fourth-order valence-corrected chi connectivity index (χ4v) is 3.19. The Morgan fingerprint density at radius 1 is 1.12 bits per heavy atom. The summed E-state index contributed by atoms with van der Waals surface area (Å²) < 4.78 is 27.0. The molecule has 122 valence electrons. The van der Waals surface area contributed by atoms with Gasteiger partial charge in [0.25, 0.3) is 5.91 Å². The molecule has 0 aliphatic rings. The third-order valence-corrected chi connectivity index (χ3v) is 4.41. The smallest absolute Gasteiger partial charge is 0.258 e. The van der Waals surface area contributed by atoms with Crippen molar-refractivity contribution >= 4 is 45.6 Å². The summed E-state index contributed by atoms with van der Waals surface area (Å²) in [6.45, 7) is 0. The number of nitrogens with one attached hydrogen (secondary N) is 1. The number of anilines is 1. The van der Waals surface area contributed by atoms with Crippen LogP contribution < -0.4 is 5.32 Å². The molecule has 1 N–H and O–H groups in total. The van der Waals surface area contributed by atoms with Crippen molar-refractivity contribution in [1.82, 2.24) is 4.98 Å². The molecule has 0 atom stereocenters. The molecular weight excluding hydrogens is 377 g/mol. The van der Waals surface area contributed by atoms with Crippen molar-refractivity contribution in [3.05, 3.63) is 69.0 Å². The first-order valence-corrected chi connectivity index (χ1v) is 8.25. The number of thiazole rings is 1. The number of aromatic nitrogens is 1. The maximum Gasteiger partial charge on any atom is 0.258 e. The van der Waals surface area contributed by atoms with Crippen molar-refractivity contribution < 1.29 is 13.6 Å². The van der Waals surface area contributed by atoms with E-state index in [4.69, 9.17) is 23.2 Å². The molecule has 2 aromatic carbocycles. The van der Waals surface area contributed by atoms with E-state index in [9.17, 15) is 13.6 Å². The number of amides is 1. The van der Waals surface area contributed by atoms with Gasteiger partial charge in [-0.2, -0.15) is 0 Å². The third-order valence-electron chi connectivity index (χ3n) is 3.10. The summed E-state index contributed by atoms with van der Waals surface area (Å²) >= 11 is 12.9. The number of halogens is 4. The van der Waals surface area contributed by atoms with Crippen LogP contribution in [0.5, 0.6) is 0 Å². The highest BCUT2D eigenvalue weighted by Gasteiger charge is 2.15. The number of carbonyl (C=O) groups excluding carboxylic acids is 1. The first-order chi connectivity index (χ1) is 11.4. The van der Waals surface area contributed by atoms with Gasteiger partial charge in [-0.1, -0.05) is 23.2 Å². The average molecular weight is 385 g/mol. The highest BCUT2D eigenvalue weighted by molar-refractivity contribution is 7.14. The maximum absolute atomic E-state index is 13.8. The zero-order valence-electron chi connectivity index (χ0n) is 11.8. The molecule has 0 aliphatic carbocycles. The van der Waals surface area contributed by atoms with Gasteiger partial charge in [-0.3, -0.25) is 10.1 Å². The summed E-state index contributed by atoms with van der Waals surface area (Å²) in [5.41, 5.74) is 0.487. The average Bonchev–Trinajstić information content (AvgIpc) is 2.97. The monoisotopic (exact) mass is 384 g/mol. The van der Waals surface area contributed by atoms with Gasteiger partial charge in [-0.25, -0.2) is 13.8 Å². The Morgan fingerprint density at radius 3 is 2.67 bits per heavy atom. The van der Waals surface area contributed by atoms with Gasteiger partial charge in [0.1, 0.15) is 11.6 Å². The molecule has 0 unspecified atom stereocenters. The van der Waals surface area contributed by atoms with Crippen LogP contribution in [-0.2, 0) is 0 Å². The van der Waals surface area contributed by atoms with Crippen LogP contribution in [0.1, 0.15) is 10.4 Å². The number of benzene rings is 2. The van der Waals surface area contributed by atoms with E-state index in [-0.39, 0.29) is 27.0 Å². The van der Waals surface area contributed by atoms with Crippen LogP contribution in [0.4, 0.5) is 13.9 Å². The second-order valence-electron chi connectivity index (χ2n) is 4.74. The lowest BCUT2D eigenvalue weighted by atomic mass is 10.1. The van der Waals surface area contributed by atoms with Gasteiger partial charge >= 0.3 is 0 Å². The fourth-order valence-electron chi connectivity index (χ4n) is 1.99.